The lowest BCUT2D eigenvalue weighted by Gasteiger charge is -2.28. The minimum Gasteiger partial charge on any atom is -0.507 e. The van der Waals surface area contributed by atoms with E-state index in [1.54, 1.807) is 11.8 Å². The standard InChI is InChI=1S/C20H32O3S2/c1-8-16(18(22)23)25-10-9-24-13-11-14(19(2,3)4)17(21)15(12-13)20(5,6)7/h11-12,16,21H,8-10H2,1-7H3,(H,22,23). The summed E-state index contributed by atoms with van der Waals surface area (Å²) >= 11 is 3.23. The third-order valence-electron chi connectivity index (χ3n) is 4.02. The van der Waals surface area contributed by atoms with Crippen LogP contribution < -0.4 is 0 Å². The van der Waals surface area contributed by atoms with Gasteiger partial charge in [0.15, 0.2) is 0 Å². The van der Waals surface area contributed by atoms with Gasteiger partial charge in [-0.15, -0.1) is 23.5 Å². The number of hydrogen-bond donors (Lipinski definition) is 2. The Morgan fingerprint density at radius 3 is 1.88 bits per heavy atom. The molecule has 0 saturated carbocycles. The second kappa shape index (κ2) is 8.72. The Hall–Kier alpha value is -0.810. The van der Waals surface area contributed by atoms with Gasteiger partial charge in [-0.3, -0.25) is 4.79 Å². The van der Waals surface area contributed by atoms with Crippen LogP contribution in [-0.4, -0.2) is 32.9 Å². The van der Waals surface area contributed by atoms with E-state index in [0.29, 0.717) is 12.2 Å². The van der Waals surface area contributed by atoms with Crippen molar-refractivity contribution in [3.05, 3.63) is 23.3 Å². The molecule has 0 saturated heterocycles. The van der Waals surface area contributed by atoms with E-state index >= 15 is 0 Å². The molecule has 0 heterocycles. The molecular weight excluding hydrogens is 352 g/mol. The Morgan fingerprint density at radius 2 is 1.52 bits per heavy atom. The van der Waals surface area contributed by atoms with Gasteiger partial charge in [-0.1, -0.05) is 48.5 Å². The third kappa shape index (κ3) is 6.45. The summed E-state index contributed by atoms with van der Waals surface area (Å²) in [5.74, 6) is 1.32. The smallest absolute Gasteiger partial charge is 0.316 e. The zero-order chi connectivity index (χ0) is 19.4. The van der Waals surface area contributed by atoms with Crippen molar-refractivity contribution in [1.82, 2.24) is 0 Å². The fourth-order valence-electron chi connectivity index (χ4n) is 2.55. The van der Waals surface area contributed by atoms with Gasteiger partial charge in [-0.2, -0.15) is 0 Å². The number of benzene rings is 1. The van der Waals surface area contributed by atoms with E-state index in [9.17, 15) is 9.90 Å². The first-order valence-corrected chi connectivity index (χ1v) is 10.8. The maximum absolute atomic E-state index is 11.1. The van der Waals surface area contributed by atoms with Gasteiger partial charge in [0.1, 0.15) is 11.0 Å². The van der Waals surface area contributed by atoms with Crippen molar-refractivity contribution in [1.29, 1.82) is 0 Å². The van der Waals surface area contributed by atoms with Crippen molar-refractivity contribution in [2.45, 2.75) is 75.9 Å². The summed E-state index contributed by atoms with van der Waals surface area (Å²) < 4.78 is 0. The molecule has 5 heteroatoms. The molecule has 0 fully saturated rings. The summed E-state index contributed by atoms with van der Waals surface area (Å²) in [7, 11) is 0. The van der Waals surface area contributed by atoms with Crippen LogP contribution in [0.3, 0.4) is 0 Å². The summed E-state index contributed by atoms with van der Waals surface area (Å²) in [5, 5.41) is 19.5. The molecule has 0 aliphatic carbocycles. The first-order valence-electron chi connectivity index (χ1n) is 8.73. The van der Waals surface area contributed by atoms with Crippen LogP contribution in [-0.2, 0) is 15.6 Å². The molecule has 25 heavy (non-hydrogen) atoms. The zero-order valence-electron chi connectivity index (χ0n) is 16.5. The molecule has 0 radical (unpaired) electrons. The predicted octanol–water partition coefficient (Wildman–Crippen LogP) is 5.68. The summed E-state index contributed by atoms with van der Waals surface area (Å²) in [6, 6.07) is 4.16. The highest BCUT2D eigenvalue weighted by Crippen LogP contribution is 2.41. The highest BCUT2D eigenvalue weighted by Gasteiger charge is 2.26. The number of carbonyl (C=O) groups is 1. The lowest BCUT2D eigenvalue weighted by molar-refractivity contribution is -0.136. The first-order chi connectivity index (χ1) is 11.4. The molecular formula is C20H32O3S2. The lowest BCUT2D eigenvalue weighted by Crippen LogP contribution is -2.17. The second-order valence-corrected chi connectivity index (χ2v) is 10.8. The van der Waals surface area contributed by atoms with Crippen LogP contribution in [0, 0.1) is 0 Å². The van der Waals surface area contributed by atoms with E-state index < -0.39 is 5.97 Å². The van der Waals surface area contributed by atoms with Gasteiger partial charge >= 0.3 is 5.97 Å². The van der Waals surface area contributed by atoms with Crippen LogP contribution in [0.2, 0.25) is 0 Å². The van der Waals surface area contributed by atoms with Crippen LogP contribution >= 0.6 is 23.5 Å². The fraction of sp³-hybridized carbons (Fsp3) is 0.650. The number of rotatable bonds is 7. The van der Waals surface area contributed by atoms with Crippen LogP contribution in [0.1, 0.15) is 66.0 Å². The van der Waals surface area contributed by atoms with E-state index in [2.05, 4.69) is 53.7 Å². The molecule has 1 unspecified atom stereocenters. The third-order valence-corrected chi connectivity index (χ3v) is 6.63. The summed E-state index contributed by atoms with van der Waals surface area (Å²) in [4.78, 5) is 12.2. The summed E-state index contributed by atoms with van der Waals surface area (Å²) in [6.07, 6.45) is 0.645. The highest BCUT2D eigenvalue weighted by atomic mass is 32.2. The van der Waals surface area contributed by atoms with Crippen molar-refractivity contribution < 1.29 is 15.0 Å². The normalized spacial score (nSPS) is 13.7. The van der Waals surface area contributed by atoms with Crippen LogP contribution in [0.15, 0.2) is 17.0 Å². The monoisotopic (exact) mass is 384 g/mol. The number of aliphatic carboxylic acids is 1. The molecule has 0 aliphatic rings. The molecule has 1 rings (SSSR count). The van der Waals surface area contributed by atoms with Crippen molar-refractivity contribution in [2.24, 2.45) is 0 Å². The zero-order valence-corrected chi connectivity index (χ0v) is 18.1. The van der Waals surface area contributed by atoms with E-state index in [4.69, 9.17) is 5.11 Å². The number of carboxylic acid groups (broad SMARTS) is 1. The van der Waals surface area contributed by atoms with Gasteiger partial charge in [0.05, 0.1) is 0 Å². The lowest BCUT2D eigenvalue weighted by atomic mass is 9.79. The molecule has 0 spiro atoms. The van der Waals surface area contributed by atoms with Crippen LogP contribution in [0.5, 0.6) is 5.75 Å². The first kappa shape index (κ1) is 22.2. The highest BCUT2D eigenvalue weighted by molar-refractivity contribution is 8.03. The number of aromatic hydroxyl groups is 1. The SMILES string of the molecule is CCC(SCCSc1cc(C(C)(C)C)c(O)c(C(C)(C)C)c1)C(=O)O. The number of phenols is 1. The van der Waals surface area contributed by atoms with Crippen molar-refractivity contribution in [3.8, 4) is 5.75 Å². The molecule has 0 aromatic heterocycles. The average molecular weight is 385 g/mol. The number of phenolic OH excluding ortho intramolecular Hbond substituents is 1. The average Bonchev–Trinajstić information content (AvgIpc) is 2.45. The Balaban J connectivity index is 2.95. The van der Waals surface area contributed by atoms with Gasteiger partial charge in [0, 0.05) is 27.5 Å². The van der Waals surface area contributed by atoms with E-state index in [1.165, 1.54) is 11.8 Å². The van der Waals surface area contributed by atoms with E-state index in [0.717, 1.165) is 27.5 Å². The van der Waals surface area contributed by atoms with Gasteiger partial charge in [-0.25, -0.2) is 0 Å². The maximum Gasteiger partial charge on any atom is 0.316 e. The van der Waals surface area contributed by atoms with E-state index in [1.807, 2.05) is 6.92 Å². The van der Waals surface area contributed by atoms with Crippen molar-refractivity contribution in [2.75, 3.05) is 11.5 Å². The quantitative estimate of drug-likeness (QED) is 0.468. The van der Waals surface area contributed by atoms with Crippen molar-refractivity contribution >= 4 is 29.5 Å². The number of hydrogen-bond acceptors (Lipinski definition) is 4. The second-order valence-electron chi connectivity index (χ2n) is 8.32. The van der Waals surface area contributed by atoms with Gasteiger partial charge < -0.3 is 10.2 Å². The summed E-state index contributed by atoms with van der Waals surface area (Å²) in [5.41, 5.74) is 1.66. The Kier molecular flexibility index (Phi) is 7.75. The molecule has 0 amide bonds. The molecule has 2 N–H and O–H groups in total. The molecule has 1 aromatic rings. The minimum atomic E-state index is -0.729. The fourth-order valence-corrected chi connectivity index (χ4v) is 4.57. The Morgan fingerprint density at radius 1 is 1.04 bits per heavy atom. The topological polar surface area (TPSA) is 57.5 Å². The van der Waals surface area contributed by atoms with Gasteiger partial charge in [0.25, 0.3) is 0 Å². The molecule has 142 valence electrons. The Labute approximate surface area is 161 Å². The Bertz CT molecular complexity index is 563. The van der Waals surface area contributed by atoms with Gasteiger partial charge in [-0.05, 0) is 29.4 Å². The molecule has 1 atom stereocenters. The number of thioether (sulfide) groups is 2. The van der Waals surface area contributed by atoms with Crippen LogP contribution in [0.25, 0.3) is 0 Å². The van der Waals surface area contributed by atoms with Gasteiger partial charge in [0.2, 0.25) is 0 Å². The molecule has 3 nitrogen and oxygen atoms in total. The molecule has 0 bridgehead atoms. The molecule has 0 aliphatic heterocycles. The predicted molar refractivity (Wildman–Crippen MR) is 110 cm³/mol. The van der Waals surface area contributed by atoms with Crippen LogP contribution in [0.4, 0.5) is 0 Å². The van der Waals surface area contributed by atoms with E-state index in [-0.39, 0.29) is 16.1 Å². The van der Waals surface area contributed by atoms with Crippen molar-refractivity contribution in [3.63, 3.8) is 0 Å². The maximum atomic E-state index is 11.1. The summed E-state index contributed by atoms with van der Waals surface area (Å²) in [6.45, 7) is 14.6. The molecule has 1 aromatic carbocycles. The largest absolute Gasteiger partial charge is 0.507 e. The number of carboxylic acids is 1. The minimum absolute atomic E-state index is 0.133.